The lowest BCUT2D eigenvalue weighted by molar-refractivity contribution is 0.373. The summed E-state index contributed by atoms with van der Waals surface area (Å²) in [6.07, 6.45) is 0.780. The Morgan fingerprint density at radius 2 is 2.17 bits per heavy atom. The third-order valence-corrected chi connectivity index (χ3v) is 2.98. The van der Waals surface area contributed by atoms with E-state index in [1.165, 1.54) is 11.1 Å². The van der Waals surface area contributed by atoms with Crippen LogP contribution >= 0.6 is 0 Å². The summed E-state index contributed by atoms with van der Waals surface area (Å²) in [6, 6.07) is 10.2. The van der Waals surface area contributed by atoms with Gasteiger partial charge in [-0.25, -0.2) is 4.68 Å². The SMILES string of the molecule is COc1cc(C(N)Cc2cccc(C)c2)nn1C. The molecule has 18 heavy (non-hydrogen) atoms. The topological polar surface area (TPSA) is 53.1 Å². The van der Waals surface area contributed by atoms with Crippen molar-refractivity contribution in [3.63, 3.8) is 0 Å². The first-order chi connectivity index (χ1) is 8.60. The standard InChI is InChI=1S/C14H19N3O/c1-10-5-4-6-11(7-10)8-12(15)13-9-14(18-3)17(2)16-13/h4-7,9,12H,8,15H2,1-3H3. The fourth-order valence-electron chi connectivity index (χ4n) is 2.04. The predicted octanol–water partition coefficient (Wildman–Crippen LogP) is 1.98. The average molecular weight is 245 g/mol. The van der Waals surface area contributed by atoms with Gasteiger partial charge in [0.15, 0.2) is 0 Å². The quantitative estimate of drug-likeness (QED) is 0.896. The van der Waals surface area contributed by atoms with Crippen LogP contribution in [0.25, 0.3) is 0 Å². The normalized spacial score (nSPS) is 12.4. The van der Waals surface area contributed by atoms with Crippen LogP contribution in [-0.2, 0) is 13.5 Å². The van der Waals surface area contributed by atoms with Gasteiger partial charge in [-0.05, 0) is 18.9 Å². The minimum Gasteiger partial charge on any atom is -0.481 e. The molecule has 0 aliphatic heterocycles. The van der Waals surface area contributed by atoms with Crippen molar-refractivity contribution in [3.05, 3.63) is 47.2 Å². The van der Waals surface area contributed by atoms with Crippen LogP contribution in [0.15, 0.2) is 30.3 Å². The van der Waals surface area contributed by atoms with Gasteiger partial charge < -0.3 is 10.5 Å². The second kappa shape index (κ2) is 5.23. The Morgan fingerprint density at radius 3 is 2.78 bits per heavy atom. The van der Waals surface area contributed by atoms with Crippen molar-refractivity contribution in [1.82, 2.24) is 9.78 Å². The Balaban J connectivity index is 2.13. The van der Waals surface area contributed by atoms with E-state index in [1.807, 2.05) is 13.1 Å². The van der Waals surface area contributed by atoms with E-state index in [9.17, 15) is 0 Å². The third kappa shape index (κ3) is 2.71. The molecule has 1 aromatic carbocycles. The highest BCUT2D eigenvalue weighted by Crippen LogP contribution is 2.19. The van der Waals surface area contributed by atoms with E-state index in [2.05, 4.69) is 36.3 Å². The molecule has 0 fully saturated rings. The number of methoxy groups -OCH3 is 1. The smallest absolute Gasteiger partial charge is 0.211 e. The van der Waals surface area contributed by atoms with Crippen LogP contribution < -0.4 is 10.5 Å². The highest BCUT2D eigenvalue weighted by Gasteiger charge is 2.13. The Labute approximate surface area is 107 Å². The van der Waals surface area contributed by atoms with Crippen molar-refractivity contribution in [3.8, 4) is 5.88 Å². The lowest BCUT2D eigenvalue weighted by atomic mass is 10.0. The van der Waals surface area contributed by atoms with Crippen molar-refractivity contribution in [2.75, 3.05) is 7.11 Å². The Morgan fingerprint density at radius 1 is 1.39 bits per heavy atom. The fourth-order valence-corrected chi connectivity index (χ4v) is 2.04. The molecule has 1 atom stereocenters. The molecule has 1 heterocycles. The van der Waals surface area contributed by atoms with Gasteiger partial charge in [0.05, 0.1) is 18.8 Å². The molecule has 0 radical (unpaired) electrons. The first kappa shape index (κ1) is 12.6. The molecule has 1 unspecified atom stereocenters. The summed E-state index contributed by atoms with van der Waals surface area (Å²) in [5.41, 5.74) is 9.52. The van der Waals surface area contributed by atoms with E-state index >= 15 is 0 Å². The maximum atomic E-state index is 6.18. The Kier molecular flexibility index (Phi) is 3.67. The summed E-state index contributed by atoms with van der Waals surface area (Å²) < 4.78 is 6.89. The summed E-state index contributed by atoms with van der Waals surface area (Å²) in [6.45, 7) is 2.08. The monoisotopic (exact) mass is 245 g/mol. The number of hydrogen-bond donors (Lipinski definition) is 1. The van der Waals surface area contributed by atoms with Gasteiger partial charge >= 0.3 is 0 Å². The van der Waals surface area contributed by atoms with Crippen LogP contribution in [0.2, 0.25) is 0 Å². The van der Waals surface area contributed by atoms with E-state index in [0.717, 1.165) is 18.0 Å². The van der Waals surface area contributed by atoms with Crippen LogP contribution in [0, 0.1) is 6.92 Å². The van der Waals surface area contributed by atoms with Crippen LogP contribution in [-0.4, -0.2) is 16.9 Å². The maximum absolute atomic E-state index is 6.18. The molecule has 0 spiro atoms. The molecule has 0 saturated carbocycles. The summed E-state index contributed by atoms with van der Waals surface area (Å²) in [4.78, 5) is 0. The van der Waals surface area contributed by atoms with Crippen LogP contribution in [0.4, 0.5) is 0 Å². The van der Waals surface area contributed by atoms with E-state index < -0.39 is 0 Å². The zero-order valence-electron chi connectivity index (χ0n) is 11.1. The van der Waals surface area contributed by atoms with Crippen LogP contribution in [0.5, 0.6) is 5.88 Å². The highest BCUT2D eigenvalue weighted by atomic mass is 16.5. The predicted molar refractivity (Wildman–Crippen MR) is 71.6 cm³/mol. The summed E-state index contributed by atoms with van der Waals surface area (Å²) >= 11 is 0. The van der Waals surface area contributed by atoms with E-state index in [-0.39, 0.29) is 6.04 Å². The first-order valence-electron chi connectivity index (χ1n) is 5.99. The molecule has 0 bridgehead atoms. The number of aryl methyl sites for hydroxylation is 2. The molecule has 2 aromatic rings. The summed E-state index contributed by atoms with van der Waals surface area (Å²) in [5.74, 6) is 0.727. The number of benzene rings is 1. The molecule has 0 saturated heterocycles. The van der Waals surface area contributed by atoms with Crippen LogP contribution in [0.3, 0.4) is 0 Å². The number of ether oxygens (including phenoxy) is 1. The van der Waals surface area contributed by atoms with E-state index in [1.54, 1.807) is 11.8 Å². The van der Waals surface area contributed by atoms with Crippen molar-refractivity contribution in [2.24, 2.45) is 12.8 Å². The molecule has 96 valence electrons. The highest BCUT2D eigenvalue weighted by molar-refractivity contribution is 5.25. The van der Waals surface area contributed by atoms with Gasteiger partial charge in [-0.15, -0.1) is 0 Å². The maximum Gasteiger partial charge on any atom is 0.211 e. The van der Waals surface area contributed by atoms with Gasteiger partial charge in [0.2, 0.25) is 5.88 Å². The van der Waals surface area contributed by atoms with Crippen LogP contribution in [0.1, 0.15) is 22.9 Å². The molecular weight excluding hydrogens is 226 g/mol. The first-order valence-corrected chi connectivity index (χ1v) is 5.99. The van der Waals surface area contributed by atoms with Gasteiger partial charge in [0.1, 0.15) is 0 Å². The van der Waals surface area contributed by atoms with Gasteiger partial charge in [-0.3, -0.25) is 0 Å². The molecular formula is C14H19N3O. The minimum atomic E-state index is -0.109. The zero-order chi connectivity index (χ0) is 13.1. The Bertz CT molecular complexity index is 534. The third-order valence-electron chi connectivity index (χ3n) is 2.98. The lowest BCUT2D eigenvalue weighted by Crippen LogP contribution is -2.14. The fraction of sp³-hybridized carbons (Fsp3) is 0.357. The van der Waals surface area contributed by atoms with Crippen molar-refractivity contribution in [1.29, 1.82) is 0 Å². The molecule has 0 aliphatic rings. The van der Waals surface area contributed by atoms with Crippen molar-refractivity contribution >= 4 is 0 Å². The number of nitrogens with zero attached hydrogens (tertiary/aromatic N) is 2. The molecule has 4 heteroatoms. The van der Waals surface area contributed by atoms with Crippen molar-refractivity contribution < 1.29 is 4.74 Å². The zero-order valence-corrected chi connectivity index (χ0v) is 11.1. The second-order valence-electron chi connectivity index (χ2n) is 4.53. The average Bonchev–Trinajstić information content (AvgIpc) is 2.70. The molecule has 4 nitrogen and oxygen atoms in total. The summed E-state index contributed by atoms with van der Waals surface area (Å²) in [5, 5.41) is 4.37. The minimum absolute atomic E-state index is 0.109. The number of rotatable bonds is 4. The number of hydrogen-bond acceptors (Lipinski definition) is 3. The van der Waals surface area contributed by atoms with E-state index in [0.29, 0.717) is 0 Å². The number of nitrogens with two attached hydrogens (primary N) is 1. The number of aromatic nitrogens is 2. The molecule has 0 amide bonds. The molecule has 2 rings (SSSR count). The van der Waals surface area contributed by atoms with Gasteiger partial charge in [-0.2, -0.15) is 5.10 Å². The van der Waals surface area contributed by atoms with E-state index in [4.69, 9.17) is 10.5 Å². The molecule has 0 aliphatic carbocycles. The Hall–Kier alpha value is -1.81. The van der Waals surface area contributed by atoms with Gasteiger partial charge in [-0.1, -0.05) is 29.8 Å². The van der Waals surface area contributed by atoms with Crippen molar-refractivity contribution in [2.45, 2.75) is 19.4 Å². The molecule has 2 N–H and O–H groups in total. The summed E-state index contributed by atoms with van der Waals surface area (Å²) in [7, 11) is 3.48. The van der Waals surface area contributed by atoms with Gasteiger partial charge in [0.25, 0.3) is 0 Å². The molecule has 1 aromatic heterocycles. The largest absolute Gasteiger partial charge is 0.481 e. The lowest BCUT2D eigenvalue weighted by Gasteiger charge is -2.09. The second-order valence-corrected chi connectivity index (χ2v) is 4.53. The van der Waals surface area contributed by atoms with Gasteiger partial charge in [0, 0.05) is 13.1 Å².